The molecule has 0 aliphatic heterocycles. The number of benzene rings is 1. The number of para-hydroxylation sites is 1. The van der Waals surface area contributed by atoms with Crippen LogP contribution in [-0.2, 0) is 4.79 Å². The van der Waals surface area contributed by atoms with E-state index in [0.717, 1.165) is 19.3 Å². The minimum atomic E-state index is -0.308. The molecule has 0 fully saturated rings. The number of ether oxygens (including phenoxy) is 1. The summed E-state index contributed by atoms with van der Waals surface area (Å²) in [6.45, 7) is 2.12. The van der Waals surface area contributed by atoms with E-state index < -0.39 is 0 Å². The molecule has 0 aliphatic carbocycles. The third-order valence-electron chi connectivity index (χ3n) is 1.94. The minimum Gasteiger partial charge on any atom is -0.423 e. The summed E-state index contributed by atoms with van der Waals surface area (Å²) in [4.78, 5) is 11.3. The first-order valence-corrected chi connectivity index (χ1v) is 5.26. The van der Waals surface area contributed by atoms with Crippen molar-refractivity contribution in [3.8, 4) is 5.75 Å². The van der Waals surface area contributed by atoms with E-state index >= 15 is 0 Å². The van der Waals surface area contributed by atoms with Gasteiger partial charge in [0.25, 0.3) is 0 Å². The number of carbonyl (C=O) groups is 1. The molecule has 0 aliphatic rings. The molecule has 0 saturated carbocycles. The van der Waals surface area contributed by atoms with Gasteiger partial charge in [0.1, 0.15) is 5.75 Å². The van der Waals surface area contributed by atoms with Crippen LogP contribution < -0.4 is 4.74 Å². The Labute approximate surface area is 90.6 Å². The molecule has 0 unspecified atom stereocenters. The van der Waals surface area contributed by atoms with Crippen LogP contribution in [0.2, 0.25) is 0 Å². The molecular formula is C13H16O2. The van der Waals surface area contributed by atoms with Crippen molar-refractivity contribution >= 4 is 5.97 Å². The first-order chi connectivity index (χ1) is 7.33. The third kappa shape index (κ3) is 5.01. The molecule has 2 heteroatoms. The van der Waals surface area contributed by atoms with Crippen LogP contribution in [0, 0.1) is 0 Å². The highest BCUT2D eigenvalue weighted by molar-refractivity contribution is 5.83. The molecule has 2 nitrogen and oxygen atoms in total. The van der Waals surface area contributed by atoms with Crippen molar-refractivity contribution in [3.05, 3.63) is 42.5 Å². The maximum Gasteiger partial charge on any atom is 0.335 e. The number of carbonyl (C=O) groups excluding carboxylic acids is 1. The van der Waals surface area contributed by atoms with Crippen LogP contribution in [0.4, 0.5) is 0 Å². The molecule has 1 rings (SSSR count). The summed E-state index contributed by atoms with van der Waals surface area (Å²) in [6.07, 6.45) is 6.52. The van der Waals surface area contributed by atoms with E-state index in [9.17, 15) is 4.79 Å². The van der Waals surface area contributed by atoms with E-state index in [1.807, 2.05) is 24.3 Å². The average Bonchev–Trinajstić information content (AvgIpc) is 2.26. The number of unbranched alkanes of at least 4 members (excludes halogenated alkanes) is 2. The first kappa shape index (κ1) is 11.5. The van der Waals surface area contributed by atoms with E-state index in [1.54, 1.807) is 12.1 Å². The Morgan fingerprint density at radius 2 is 2.07 bits per heavy atom. The molecule has 0 spiro atoms. The first-order valence-electron chi connectivity index (χ1n) is 5.26. The van der Waals surface area contributed by atoms with Gasteiger partial charge < -0.3 is 4.74 Å². The van der Waals surface area contributed by atoms with Crippen LogP contribution in [0.3, 0.4) is 0 Å². The van der Waals surface area contributed by atoms with Crippen molar-refractivity contribution in [1.82, 2.24) is 0 Å². The lowest BCUT2D eigenvalue weighted by Crippen LogP contribution is -2.03. The van der Waals surface area contributed by atoms with Gasteiger partial charge in [-0.2, -0.15) is 0 Å². The lowest BCUT2D eigenvalue weighted by atomic mass is 10.2. The maximum absolute atomic E-state index is 11.3. The van der Waals surface area contributed by atoms with Crippen molar-refractivity contribution in [2.24, 2.45) is 0 Å². The number of hydrogen-bond acceptors (Lipinski definition) is 2. The van der Waals surface area contributed by atoms with E-state index in [1.165, 1.54) is 6.08 Å². The maximum atomic E-state index is 11.3. The summed E-state index contributed by atoms with van der Waals surface area (Å²) < 4.78 is 5.07. The monoisotopic (exact) mass is 204 g/mol. The zero-order chi connectivity index (χ0) is 10.9. The number of hydrogen-bond donors (Lipinski definition) is 0. The molecule has 0 atom stereocenters. The van der Waals surface area contributed by atoms with Crippen molar-refractivity contribution < 1.29 is 9.53 Å². The Kier molecular flexibility index (Phi) is 5.23. The summed E-state index contributed by atoms with van der Waals surface area (Å²) in [5.74, 6) is 0.278. The van der Waals surface area contributed by atoms with Crippen molar-refractivity contribution in [3.63, 3.8) is 0 Å². The Morgan fingerprint density at radius 1 is 1.33 bits per heavy atom. The van der Waals surface area contributed by atoms with Gasteiger partial charge in [-0.3, -0.25) is 0 Å². The minimum absolute atomic E-state index is 0.308. The Bertz CT molecular complexity index is 315. The van der Waals surface area contributed by atoms with E-state index in [0.29, 0.717) is 5.75 Å². The molecule has 1 aromatic carbocycles. The molecule has 0 radical (unpaired) electrons. The fraction of sp³-hybridized carbons (Fsp3) is 0.308. The van der Waals surface area contributed by atoms with Gasteiger partial charge >= 0.3 is 5.97 Å². The Morgan fingerprint density at radius 3 is 2.73 bits per heavy atom. The van der Waals surface area contributed by atoms with Gasteiger partial charge in [0.05, 0.1) is 0 Å². The van der Waals surface area contributed by atoms with Crippen LogP contribution in [-0.4, -0.2) is 5.97 Å². The third-order valence-corrected chi connectivity index (χ3v) is 1.94. The normalized spacial score (nSPS) is 10.5. The van der Waals surface area contributed by atoms with Crippen molar-refractivity contribution in [2.75, 3.05) is 0 Å². The lowest BCUT2D eigenvalue weighted by molar-refractivity contribution is -0.129. The molecule has 0 bridgehead atoms. The second-order valence-electron chi connectivity index (χ2n) is 3.28. The second kappa shape index (κ2) is 6.82. The SMILES string of the molecule is CCCCC=CC(=O)Oc1ccccc1. The number of esters is 1. The average molecular weight is 204 g/mol. The fourth-order valence-corrected chi connectivity index (χ4v) is 1.14. The summed E-state index contributed by atoms with van der Waals surface area (Å²) in [5.41, 5.74) is 0. The molecule has 0 amide bonds. The predicted molar refractivity (Wildman–Crippen MR) is 60.7 cm³/mol. The van der Waals surface area contributed by atoms with E-state index in [4.69, 9.17) is 4.74 Å². The molecular weight excluding hydrogens is 188 g/mol. The molecule has 0 saturated heterocycles. The standard InChI is InChI=1S/C13H16O2/c1-2-3-4-8-11-13(14)15-12-9-6-5-7-10-12/h5-11H,2-4H2,1H3. The molecule has 1 aromatic rings. The van der Waals surface area contributed by atoms with Gasteiger partial charge in [-0.1, -0.05) is 44.0 Å². The van der Waals surface area contributed by atoms with Crippen molar-refractivity contribution in [1.29, 1.82) is 0 Å². The van der Waals surface area contributed by atoms with Gasteiger partial charge in [-0.25, -0.2) is 4.79 Å². The smallest absolute Gasteiger partial charge is 0.335 e. The molecule has 0 heterocycles. The highest BCUT2D eigenvalue weighted by Crippen LogP contribution is 2.08. The Balaban J connectivity index is 2.33. The number of rotatable bonds is 5. The lowest BCUT2D eigenvalue weighted by Gasteiger charge is -1.99. The van der Waals surface area contributed by atoms with Gasteiger partial charge in [-0.15, -0.1) is 0 Å². The fourth-order valence-electron chi connectivity index (χ4n) is 1.14. The van der Waals surface area contributed by atoms with Crippen LogP contribution in [0.25, 0.3) is 0 Å². The van der Waals surface area contributed by atoms with Crippen LogP contribution in [0.5, 0.6) is 5.75 Å². The molecule has 15 heavy (non-hydrogen) atoms. The molecule has 80 valence electrons. The van der Waals surface area contributed by atoms with Crippen molar-refractivity contribution in [2.45, 2.75) is 26.2 Å². The highest BCUT2D eigenvalue weighted by Gasteiger charge is 1.97. The number of allylic oxidation sites excluding steroid dienone is 1. The zero-order valence-electron chi connectivity index (χ0n) is 8.98. The quantitative estimate of drug-likeness (QED) is 0.318. The van der Waals surface area contributed by atoms with E-state index in [-0.39, 0.29) is 5.97 Å². The topological polar surface area (TPSA) is 26.3 Å². The highest BCUT2D eigenvalue weighted by atomic mass is 16.5. The predicted octanol–water partition coefficient (Wildman–Crippen LogP) is 3.34. The second-order valence-corrected chi connectivity index (χ2v) is 3.28. The molecule has 0 aromatic heterocycles. The largest absolute Gasteiger partial charge is 0.423 e. The summed E-state index contributed by atoms with van der Waals surface area (Å²) in [7, 11) is 0. The summed E-state index contributed by atoms with van der Waals surface area (Å²) in [6, 6.07) is 9.08. The van der Waals surface area contributed by atoms with Crippen LogP contribution in [0.1, 0.15) is 26.2 Å². The van der Waals surface area contributed by atoms with Gasteiger partial charge in [0.15, 0.2) is 0 Å². The summed E-state index contributed by atoms with van der Waals surface area (Å²) >= 11 is 0. The van der Waals surface area contributed by atoms with Crippen LogP contribution >= 0.6 is 0 Å². The van der Waals surface area contributed by atoms with Gasteiger partial charge in [0.2, 0.25) is 0 Å². The Hall–Kier alpha value is -1.57. The zero-order valence-corrected chi connectivity index (χ0v) is 8.98. The molecule has 0 N–H and O–H groups in total. The summed E-state index contributed by atoms with van der Waals surface area (Å²) in [5, 5.41) is 0. The van der Waals surface area contributed by atoms with Gasteiger partial charge in [-0.05, 0) is 18.6 Å². The van der Waals surface area contributed by atoms with Gasteiger partial charge in [0, 0.05) is 6.08 Å². The van der Waals surface area contributed by atoms with E-state index in [2.05, 4.69) is 6.92 Å². The van der Waals surface area contributed by atoms with Crippen LogP contribution in [0.15, 0.2) is 42.5 Å².